The second-order valence-electron chi connectivity index (χ2n) is 6.51. The van der Waals surface area contributed by atoms with Crippen molar-refractivity contribution in [1.29, 1.82) is 0 Å². The van der Waals surface area contributed by atoms with Crippen molar-refractivity contribution < 1.29 is 14.7 Å². The first-order valence-corrected chi connectivity index (χ1v) is 9.79. The average molecular weight is 381 g/mol. The zero-order chi connectivity index (χ0) is 18.8. The van der Waals surface area contributed by atoms with Crippen LogP contribution in [0.25, 0.3) is 5.65 Å². The monoisotopic (exact) mass is 381 g/mol. The van der Waals surface area contributed by atoms with E-state index in [1.165, 1.54) is 4.90 Å². The second kappa shape index (κ2) is 7.44. The van der Waals surface area contributed by atoms with E-state index in [1.54, 1.807) is 23.9 Å². The number of imidazole rings is 1. The molecule has 1 saturated heterocycles. The number of amides is 1. The maximum atomic E-state index is 12.6. The Morgan fingerprint density at radius 1 is 1.19 bits per heavy atom. The van der Waals surface area contributed by atoms with E-state index in [9.17, 15) is 14.7 Å². The predicted molar refractivity (Wildman–Crippen MR) is 103 cm³/mol. The van der Waals surface area contributed by atoms with Gasteiger partial charge in [-0.3, -0.25) is 4.79 Å². The summed E-state index contributed by atoms with van der Waals surface area (Å²) in [5.41, 5.74) is 2.44. The van der Waals surface area contributed by atoms with Gasteiger partial charge in [-0.25, -0.2) is 9.78 Å². The lowest BCUT2D eigenvalue weighted by molar-refractivity contribution is -0.141. The third kappa shape index (κ3) is 3.68. The van der Waals surface area contributed by atoms with Crippen LogP contribution in [0.4, 0.5) is 0 Å². The van der Waals surface area contributed by atoms with Crippen LogP contribution in [0.3, 0.4) is 0 Å². The van der Waals surface area contributed by atoms with Crippen LogP contribution in [0.1, 0.15) is 28.9 Å². The molecule has 0 aliphatic carbocycles. The summed E-state index contributed by atoms with van der Waals surface area (Å²) >= 11 is 1.65. The number of aliphatic carboxylic acids is 1. The van der Waals surface area contributed by atoms with Crippen molar-refractivity contribution in [1.82, 2.24) is 14.3 Å². The number of likely N-dealkylation sites (tertiary alicyclic amines) is 1. The number of carboxylic acid groups (broad SMARTS) is 1. The van der Waals surface area contributed by atoms with E-state index in [-0.39, 0.29) is 5.91 Å². The van der Waals surface area contributed by atoms with E-state index in [4.69, 9.17) is 0 Å². The van der Waals surface area contributed by atoms with Crippen molar-refractivity contribution in [3.63, 3.8) is 0 Å². The smallest absolute Gasteiger partial charge is 0.326 e. The first-order valence-electron chi connectivity index (χ1n) is 8.81. The van der Waals surface area contributed by atoms with Crippen LogP contribution in [0.5, 0.6) is 0 Å². The number of hydrogen-bond donors (Lipinski definition) is 1. The molecule has 4 rings (SSSR count). The van der Waals surface area contributed by atoms with Gasteiger partial charge >= 0.3 is 5.97 Å². The van der Waals surface area contributed by atoms with Crippen LogP contribution in [-0.2, 0) is 10.5 Å². The molecule has 1 aliphatic rings. The lowest BCUT2D eigenvalue weighted by Gasteiger charge is -2.21. The summed E-state index contributed by atoms with van der Waals surface area (Å²) < 4.78 is 1.99. The number of aromatic nitrogens is 2. The molecule has 2 aromatic heterocycles. The number of carbonyl (C=O) groups is 2. The summed E-state index contributed by atoms with van der Waals surface area (Å²) in [7, 11) is 0. The van der Waals surface area contributed by atoms with Gasteiger partial charge in [0, 0.05) is 35.2 Å². The van der Waals surface area contributed by atoms with E-state index in [0.29, 0.717) is 18.5 Å². The molecule has 0 saturated carbocycles. The Labute approximate surface area is 160 Å². The van der Waals surface area contributed by atoms with E-state index in [1.807, 2.05) is 47.1 Å². The topological polar surface area (TPSA) is 74.9 Å². The van der Waals surface area contributed by atoms with Crippen LogP contribution in [0.2, 0.25) is 0 Å². The molecular formula is C20H19N3O3S. The lowest BCUT2D eigenvalue weighted by Crippen LogP contribution is -2.40. The van der Waals surface area contributed by atoms with Gasteiger partial charge in [0.15, 0.2) is 0 Å². The summed E-state index contributed by atoms with van der Waals surface area (Å²) in [6.07, 6.45) is 5.24. The summed E-state index contributed by atoms with van der Waals surface area (Å²) in [5.74, 6) is -0.403. The van der Waals surface area contributed by atoms with Gasteiger partial charge in [0.1, 0.15) is 11.7 Å². The van der Waals surface area contributed by atoms with E-state index >= 15 is 0 Å². The molecule has 0 radical (unpaired) electrons. The zero-order valence-corrected chi connectivity index (χ0v) is 15.4. The minimum absolute atomic E-state index is 0.211. The van der Waals surface area contributed by atoms with Gasteiger partial charge in [-0.2, -0.15) is 0 Å². The Bertz CT molecular complexity index is 951. The maximum absolute atomic E-state index is 12.6. The number of benzene rings is 1. The number of rotatable bonds is 5. The third-order valence-electron chi connectivity index (χ3n) is 4.70. The largest absolute Gasteiger partial charge is 0.480 e. The minimum Gasteiger partial charge on any atom is -0.480 e. The molecule has 3 aromatic rings. The molecule has 138 valence electrons. The van der Waals surface area contributed by atoms with Crippen LogP contribution in [0.15, 0.2) is 59.8 Å². The molecule has 0 bridgehead atoms. The molecule has 27 heavy (non-hydrogen) atoms. The van der Waals surface area contributed by atoms with Gasteiger partial charge < -0.3 is 14.4 Å². The molecule has 7 heteroatoms. The maximum Gasteiger partial charge on any atom is 0.326 e. The van der Waals surface area contributed by atoms with Gasteiger partial charge in [0.05, 0.1) is 5.69 Å². The Balaban J connectivity index is 1.41. The number of carboxylic acids is 1. The van der Waals surface area contributed by atoms with Gasteiger partial charge in [-0.05, 0) is 49.2 Å². The van der Waals surface area contributed by atoms with Crippen molar-refractivity contribution in [2.75, 3.05) is 6.54 Å². The van der Waals surface area contributed by atoms with E-state index < -0.39 is 12.0 Å². The highest BCUT2D eigenvalue weighted by Gasteiger charge is 2.34. The first-order chi connectivity index (χ1) is 13.1. The summed E-state index contributed by atoms with van der Waals surface area (Å²) in [6.45, 7) is 0.500. The Morgan fingerprint density at radius 2 is 2.00 bits per heavy atom. The number of pyridine rings is 1. The molecule has 0 spiro atoms. The third-order valence-corrected chi connectivity index (χ3v) is 5.75. The molecule has 1 unspecified atom stereocenters. The van der Waals surface area contributed by atoms with Crippen LogP contribution in [0, 0.1) is 0 Å². The molecule has 6 nitrogen and oxygen atoms in total. The Kier molecular flexibility index (Phi) is 4.85. The molecule has 1 fully saturated rings. The SMILES string of the molecule is O=C(O)C1CCCN1C(=O)c1ccc(SCc2cn3ccccc3n2)cc1. The highest BCUT2D eigenvalue weighted by atomic mass is 32.2. The fourth-order valence-electron chi connectivity index (χ4n) is 3.34. The number of carbonyl (C=O) groups excluding carboxylic acids is 1. The zero-order valence-electron chi connectivity index (χ0n) is 14.6. The van der Waals surface area contributed by atoms with Gasteiger partial charge in [0.25, 0.3) is 5.91 Å². The summed E-state index contributed by atoms with van der Waals surface area (Å²) in [5, 5.41) is 9.25. The molecule has 1 amide bonds. The van der Waals surface area contributed by atoms with Crippen molar-refractivity contribution in [2.24, 2.45) is 0 Å². The van der Waals surface area contributed by atoms with Crippen LogP contribution < -0.4 is 0 Å². The lowest BCUT2D eigenvalue weighted by atomic mass is 10.1. The molecule has 1 aliphatic heterocycles. The van der Waals surface area contributed by atoms with E-state index in [2.05, 4.69) is 4.98 Å². The van der Waals surface area contributed by atoms with Gasteiger partial charge in [-0.1, -0.05) is 6.07 Å². The highest BCUT2D eigenvalue weighted by Crippen LogP contribution is 2.25. The Morgan fingerprint density at radius 3 is 2.74 bits per heavy atom. The summed E-state index contributed by atoms with van der Waals surface area (Å²) in [4.78, 5) is 31.0. The van der Waals surface area contributed by atoms with Crippen LogP contribution >= 0.6 is 11.8 Å². The number of thioether (sulfide) groups is 1. The van der Waals surface area contributed by atoms with Crippen molar-refractivity contribution in [3.05, 3.63) is 66.1 Å². The number of nitrogens with zero attached hydrogens (tertiary/aromatic N) is 3. The van der Waals surface area contributed by atoms with E-state index in [0.717, 1.165) is 28.4 Å². The van der Waals surface area contributed by atoms with Crippen LogP contribution in [-0.4, -0.2) is 43.9 Å². The van der Waals surface area contributed by atoms with Gasteiger partial charge in [-0.15, -0.1) is 11.8 Å². The van der Waals surface area contributed by atoms with Gasteiger partial charge in [0.2, 0.25) is 0 Å². The predicted octanol–water partition coefficient (Wildman–Crippen LogP) is 3.32. The summed E-state index contributed by atoms with van der Waals surface area (Å²) in [6, 6.07) is 12.5. The molecule has 1 aromatic carbocycles. The fraction of sp³-hybridized carbons (Fsp3) is 0.250. The Hall–Kier alpha value is -2.80. The average Bonchev–Trinajstić information content (AvgIpc) is 3.33. The second-order valence-corrected chi connectivity index (χ2v) is 7.55. The minimum atomic E-state index is -0.930. The first kappa shape index (κ1) is 17.6. The fourth-order valence-corrected chi connectivity index (χ4v) is 4.12. The van der Waals surface area contributed by atoms with Crippen molar-refractivity contribution >= 4 is 29.3 Å². The van der Waals surface area contributed by atoms with Crippen molar-refractivity contribution in [3.8, 4) is 0 Å². The number of hydrogen-bond acceptors (Lipinski definition) is 4. The quantitative estimate of drug-likeness (QED) is 0.686. The highest BCUT2D eigenvalue weighted by molar-refractivity contribution is 7.98. The normalized spacial score (nSPS) is 16.7. The van der Waals surface area contributed by atoms with Crippen molar-refractivity contribution in [2.45, 2.75) is 29.5 Å². The molecule has 1 N–H and O–H groups in total. The molecular weight excluding hydrogens is 362 g/mol. The molecule has 1 atom stereocenters. The standard InChI is InChI=1S/C20H19N3O3S/c24-19(23-11-3-4-17(23)20(25)26)14-6-8-16(9-7-14)27-13-15-12-22-10-2-1-5-18(22)21-15/h1-2,5-10,12,17H,3-4,11,13H2,(H,25,26). The molecule has 3 heterocycles. The number of fused-ring (bicyclic) bond motifs is 1.